The number of amides is 2. The Kier molecular flexibility index (Phi) is 5.61. The van der Waals surface area contributed by atoms with Gasteiger partial charge in [0.1, 0.15) is 6.04 Å². The molecule has 0 bridgehead atoms. The number of rotatable bonds is 4. The number of nitrogens with one attached hydrogen (secondary N) is 1. The van der Waals surface area contributed by atoms with Crippen LogP contribution in [0.3, 0.4) is 0 Å². The molecule has 1 fully saturated rings. The number of hydrogen-bond donors (Lipinski definition) is 3. The molecule has 1 aromatic carbocycles. The standard InChI is InChI=1S/C20H21N3O5S/c24-15-10-23(11-16(15)25)19(26)14(8-12-4-2-1-3-5-12)22-20(27)28-18-9-17-13(21-18)6-7-29-17/h1-7,14-16,24-25H,8-11H2,(H,22,27)/t14-,15-,16+/m0/s1. The quantitative estimate of drug-likeness (QED) is 0.696. The van der Waals surface area contributed by atoms with E-state index >= 15 is 0 Å². The Morgan fingerprint density at radius 2 is 1.93 bits per heavy atom. The van der Waals surface area contributed by atoms with Crippen molar-refractivity contribution in [3.8, 4) is 0 Å². The van der Waals surface area contributed by atoms with Crippen molar-refractivity contribution in [2.45, 2.75) is 31.1 Å². The molecule has 2 aliphatic rings. The summed E-state index contributed by atoms with van der Waals surface area (Å²) in [7, 11) is 0. The minimum Gasteiger partial charge on any atom is -0.395 e. The van der Waals surface area contributed by atoms with Gasteiger partial charge in [-0.25, -0.2) is 9.79 Å². The van der Waals surface area contributed by atoms with E-state index in [4.69, 9.17) is 4.74 Å². The molecule has 8 nitrogen and oxygen atoms in total. The zero-order chi connectivity index (χ0) is 20.4. The number of aliphatic hydroxyl groups excluding tert-OH is 2. The van der Waals surface area contributed by atoms with Crippen molar-refractivity contribution < 1.29 is 24.5 Å². The van der Waals surface area contributed by atoms with Crippen molar-refractivity contribution in [3.05, 3.63) is 52.2 Å². The molecule has 29 heavy (non-hydrogen) atoms. The third-order valence-corrected chi connectivity index (χ3v) is 5.84. The number of benzene rings is 1. The first-order valence-corrected chi connectivity index (χ1v) is 10.2. The van der Waals surface area contributed by atoms with Gasteiger partial charge in [0.25, 0.3) is 0 Å². The van der Waals surface area contributed by atoms with Gasteiger partial charge in [0.2, 0.25) is 11.8 Å². The van der Waals surface area contributed by atoms with Gasteiger partial charge in [-0.1, -0.05) is 30.3 Å². The molecule has 9 heteroatoms. The van der Waals surface area contributed by atoms with Crippen molar-refractivity contribution in [3.63, 3.8) is 0 Å². The summed E-state index contributed by atoms with van der Waals surface area (Å²) in [6, 6.07) is 10.3. The second-order valence-electron chi connectivity index (χ2n) is 7.07. The molecular weight excluding hydrogens is 394 g/mol. The molecule has 0 spiro atoms. The van der Waals surface area contributed by atoms with Crippen molar-refractivity contribution in [2.24, 2.45) is 4.99 Å². The molecule has 3 N–H and O–H groups in total. The Labute approximate surface area is 171 Å². The molecule has 3 heterocycles. The normalized spacial score (nSPS) is 21.4. The number of nitrogens with zero attached hydrogens (tertiary/aromatic N) is 2. The van der Waals surface area contributed by atoms with E-state index in [1.165, 1.54) is 4.90 Å². The van der Waals surface area contributed by atoms with Crippen LogP contribution in [-0.4, -0.2) is 64.4 Å². The highest BCUT2D eigenvalue weighted by atomic mass is 32.1. The summed E-state index contributed by atoms with van der Waals surface area (Å²) in [6.45, 7) is 0.0455. The summed E-state index contributed by atoms with van der Waals surface area (Å²) >= 11 is 1.55. The highest BCUT2D eigenvalue weighted by Crippen LogP contribution is 2.31. The molecule has 1 aromatic heterocycles. The van der Waals surface area contributed by atoms with Crippen molar-refractivity contribution in [1.82, 2.24) is 10.2 Å². The van der Waals surface area contributed by atoms with Crippen LogP contribution < -0.4 is 5.32 Å². The maximum atomic E-state index is 13.0. The average Bonchev–Trinajstić information content (AvgIpc) is 3.37. The van der Waals surface area contributed by atoms with E-state index in [-0.39, 0.29) is 25.4 Å². The number of aliphatic hydroxyl groups is 2. The molecule has 2 aliphatic heterocycles. The number of thiophene rings is 1. The van der Waals surface area contributed by atoms with Crippen LogP contribution in [0.15, 0.2) is 46.8 Å². The number of fused-ring (bicyclic) bond motifs is 1. The Morgan fingerprint density at radius 3 is 2.62 bits per heavy atom. The van der Waals surface area contributed by atoms with Gasteiger partial charge >= 0.3 is 6.09 Å². The number of likely N-dealkylation sites (tertiary alicyclic amines) is 1. The maximum absolute atomic E-state index is 13.0. The predicted molar refractivity (Wildman–Crippen MR) is 107 cm³/mol. The number of carbonyl (C=O) groups is 2. The summed E-state index contributed by atoms with van der Waals surface area (Å²) in [4.78, 5) is 32.1. The zero-order valence-corrected chi connectivity index (χ0v) is 16.3. The zero-order valence-electron chi connectivity index (χ0n) is 15.5. The van der Waals surface area contributed by atoms with Crippen LogP contribution in [0, 0.1) is 0 Å². The average molecular weight is 415 g/mol. The van der Waals surface area contributed by atoms with E-state index in [2.05, 4.69) is 10.3 Å². The number of hydrogen-bond acceptors (Lipinski definition) is 7. The van der Waals surface area contributed by atoms with Crippen molar-refractivity contribution >= 4 is 34.9 Å². The lowest BCUT2D eigenvalue weighted by atomic mass is 10.1. The summed E-state index contributed by atoms with van der Waals surface area (Å²) < 4.78 is 5.31. The second kappa shape index (κ2) is 8.32. The van der Waals surface area contributed by atoms with Gasteiger partial charge in [-0.15, -0.1) is 11.3 Å². The SMILES string of the molecule is O=C(N[C@@H](Cc1ccccc1)C(=O)N1C[C@@H](O)[C@@H](O)C1)OC1=Nc2ccsc2C1. The molecule has 2 aromatic rings. The molecule has 2 amide bonds. The minimum atomic E-state index is -0.991. The van der Waals surface area contributed by atoms with Crippen molar-refractivity contribution in [1.29, 1.82) is 0 Å². The van der Waals surface area contributed by atoms with Gasteiger partial charge in [0, 0.05) is 24.4 Å². The molecule has 4 rings (SSSR count). The number of ether oxygens (including phenoxy) is 1. The first-order valence-electron chi connectivity index (χ1n) is 9.30. The fraction of sp³-hybridized carbons (Fsp3) is 0.350. The number of aliphatic imine (C=N–C) groups is 1. The van der Waals surface area contributed by atoms with Gasteiger partial charge in [0.15, 0.2) is 0 Å². The molecular formula is C20H21N3O5S. The summed E-state index contributed by atoms with van der Waals surface area (Å²) in [6.07, 6.45) is -2.03. The second-order valence-corrected chi connectivity index (χ2v) is 8.07. The lowest BCUT2D eigenvalue weighted by molar-refractivity contribution is -0.132. The largest absolute Gasteiger partial charge is 0.414 e. The topological polar surface area (TPSA) is 111 Å². The van der Waals surface area contributed by atoms with Crippen LogP contribution in [0.2, 0.25) is 0 Å². The molecule has 1 saturated heterocycles. The summed E-state index contributed by atoms with van der Waals surface area (Å²) in [5.74, 6) is -0.0869. The molecule has 0 aliphatic carbocycles. The Morgan fingerprint density at radius 1 is 1.21 bits per heavy atom. The predicted octanol–water partition coefficient (Wildman–Crippen LogP) is 1.24. The molecule has 152 valence electrons. The highest BCUT2D eigenvalue weighted by Gasteiger charge is 2.36. The van der Waals surface area contributed by atoms with Crippen LogP contribution >= 0.6 is 11.3 Å². The molecule has 0 saturated carbocycles. The van der Waals surface area contributed by atoms with Crippen LogP contribution in [-0.2, 0) is 22.4 Å². The van der Waals surface area contributed by atoms with Gasteiger partial charge in [-0.3, -0.25) is 4.79 Å². The first kappa shape index (κ1) is 19.6. The van der Waals surface area contributed by atoms with E-state index in [9.17, 15) is 19.8 Å². The molecule has 0 unspecified atom stereocenters. The molecule has 0 radical (unpaired) electrons. The van der Waals surface area contributed by atoms with Crippen molar-refractivity contribution in [2.75, 3.05) is 13.1 Å². The van der Waals surface area contributed by atoms with Gasteiger partial charge in [0.05, 0.1) is 24.3 Å². The lowest BCUT2D eigenvalue weighted by Crippen LogP contribution is -2.49. The van der Waals surface area contributed by atoms with Crippen LogP contribution in [0.25, 0.3) is 0 Å². The smallest absolute Gasteiger partial charge is 0.395 e. The van der Waals surface area contributed by atoms with Gasteiger partial charge < -0.3 is 25.2 Å². The maximum Gasteiger partial charge on any atom is 0.414 e. The van der Waals surface area contributed by atoms with Crippen LogP contribution in [0.1, 0.15) is 10.4 Å². The Bertz CT molecular complexity index is 919. The first-order chi connectivity index (χ1) is 14.0. The monoisotopic (exact) mass is 415 g/mol. The third-order valence-electron chi connectivity index (χ3n) is 4.93. The van der Waals surface area contributed by atoms with E-state index < -0.39 is 24.3 Å². The lowest BCUT2D eigenvalue weighted by Gasteiger charge is -2.24. The Hall–Kier alpha value is -2.75. The van der Waals surface area contributed by atoms with E-state index in [0.29, 0.717) is 12.3 Å². The number of β-amino-alcohol motifs (C(OH)–C–C–N with tert-alkyl or cyclic N) is 2. The van der Waals surface area contributed by atoms with Gasteiger partial charge in [-0.05, 0) is 17.0 Å². The summed E-state index contributed by atoms with van der Waals surface area (Å²) in [5, 5.41) is 24.1. The van der Waals surface area contributed by atoms with Crippen LogP contribution in [0.4, 0.5) is 10.5 Å². The molecule has 3 atom stereocenters. The minimum absolute atomic E-state index is 0.0227. The number of alkyl carbamates (subject to hydrolysis) is 1. The third kappa shape index (κ3) is 4.47. The van der Waals surface area contributed by atoms with Gasteiger partial charge in [-0.2, -0.15) is 0 Å². The fourth-order valence-electron chi connectivity index (χ4n) is 3.43. The van der Waals surface area contributed by atoms with E-state index in [1.807, 2.05) is 41.8 Å². The summed E-state index contributed by atoms with van der Waals surface area (Å²) in [5.41, 5.74) is 1.67. The van der Waals surface area contributed by atoms with E-state index in [0.717, 1.165) is 16.1 Å². The van der Waals surface area contributed by atoms with E-state index in [1.54, 1.807) is 11.3 Å². The van der Waals surface area contributed by atoms with Crippen LogP contribution in [0.5, 0.6) is 0 Å². The number of carbonyl (C=O) groups excluding carboxylic acids is 2. The fourth-order valence-corrected chi connectivity index (χ4v) is 4.24. The Balaban J connectivity index is 1.44. The highest BCUT2D eigenvalue weighted by molar-refractivity contribution is 7.10.